The van der Waals surface area contributed by atoms with Crippen molar-refractivity contribution in [1.82, 2.24) is 0 Å². The molecule has 0 unspecified atom stereocenters. The number of nitrogens with two attached hydrogens (primary N) is 1. The molecule has 0 saturated carbocycles. The highest BCUT2D eigenvalue weighted by Gasteiger charge is 2.12. The van der Waals surface area contributed by atoms with Crippen LogP contribution in [-0.2, 0) is 20.0 Å². The van der Waals surface area contributed by atoms with Crippen LogP contribution in [-0.4, -0.2) is 22.6 Å². The molecule has 0 atom stereocenters. The lowest BCUT2D eigenvalue weighted by Gasteiger charge is -2.07. The fourth-order valence-corrected chi connectivity index (χ4v) is 2.92. The van der Waals surface area contributed by atoms with Gasteiger partial charge in [-0.15, -0.1) is 0 Å². The molecule has 0 aliphatic heterocycles. The first-order chi connectivity index (χ1) is 7.74. The van der Waals surface area contributed by atoms with E-state index in [2.05, 4.69) is 4.72 Å². The third-order valence-electron chi connectivity index (χ3n) is 1.91. The fraction of sp³-hybridized carbons (Fsp3) is 0.333. The largest absolute Gasteiger partial charge is 0.284 e. The molecule has 0 heterocycles. The first-order valence-electron chi connectivity index (χ1n) is 4.88. The summed E-state index contributed by atoms with van der Waals surface area (Å²) in [5.41, 5.74) is 0.185. The maximum atomic E-state index is 11.5. The van der Waals surface area contributed by atoms with E-state index in [0.29, 0.717) is 6.42 Å². The van der Waals surface area contributed by atoms with Crippen LogP contribution in [0, 0.1) is 0 Å². The summed E-state index contributed by atoms with van der Waals surface area (Å²) in [4.78, 5) is -0.130. The molecule has 0 amide bonds. The van der Waals surface area contributed by atoms with Gasteiger partial charge in [-0.2, -0.15) is 0 Å². The molecule has 0 radical (unpaired) electrons. The molecule has 0 fully saturated rings. The zero-order valence-electron chi connectivity index (χ0n) is 9.25. The Balaban J connectivity index is 3.03. The van der Waals surface area contributed by atoms with Gasteiger partial charge in [0.1, 0.15) is 0 Å². The maximum absolute atomic E-state index is 11.5. The van der Waals surface area contributed by atoms with Gasteiger partial charge in [-0.05, 0) is 24.6 Å². The Morgan fingerprint density at radius 3 is 2.41 bits per heavy atom. The van der Waals surface area contributed by atoms with Gasteiger partial charge in [0, 0.05) is 5.69 Å². The Morgan fingerprint density at radius 1 is 1.24 bits per heavy atom. The van der Waals surface area contributed by atoms with Gasteiger partial charge in [-0.3, -0.25) is 4.72 Å². The van der Waals surface area contributed by atoms with E-state index in [-0.39, 0.29) is 16.3 Å². The van der Waals surface area contributed by atoms with E-state index in [4.69, 9.17) is 5.14 Å². The standard InChI is InChI=1S/C9H14N2O4S2/c1-2-6-16(12,13)11-8-4-3-5-9(7-8)17(10,14)15/h3-5,7,11H,2,6H2,1H3,(H2,10,14,15). The van der Waals surface area contributed by atoms with Gasteiger partial charge in [0.15, 0.2) is 0 Å². The van der Waals surface area contributed by atoms with Crippen molar-refractivity contribution in [2.45, 2.75) is 18.2 Å². The number of sulfonamides is 2. The molecule has 3 N–H and O–H groups in total. The molecule has 1 rings (SSSR count). The summed E-state index contributed by atoms with van der Waals surface area (Å²) < 4.78 is 47.4. The molecule has 1 aromatic carbocycles. The van der Waals surface area contributed by atoms with Crippen LogP contribution >= 0.6 is 0 Å². The van der Waals surface area contributed by atoms with Crippen LogP contribution in [0.25, 0.3) is 0 Å². The minimum absolute atomic E-state index is 0.0212. The number of primary sulfonamides is 1. The first kappa shape index (κ1) is 13.9. The minimum atomic E-state index is -3.83. The molecule has 0 saturated heterocycles. The molecule has 0 bridgehead atoms. The summed E-state index contributed by atoms with van der Waals surface area (Å²) in [5, 5.41) is 4.94. The van der Waals surface area contributed by atoms with Crippen LogP contribution < -0.4 is 9.86 Å². The second-order valence-electron chi connectivity index (χ2n) is 3.49. The summed E-state index contributed by atoms with van der Waals surface area (Å²) in [5.74, 6) is -0.0212. The summed E-state index contributed by atoms with van der Waals surface area (Å²) in [6, 6.07) is 5.36. The molecule has 6 nitrogen and oxygen atoms in total. The van der Waals surface area contributed by atoms with E-state index in [1.807, 2.05) is 0 Å². The second-order valence-corrected chi connectivity index (χ2v) is 6.90. The maximum Gasteiger partial charge on any atom is 0.238 e. The van der Waals surface area contributed by atoms with Crippen molar-refractivity contribution in [2.24, 2.45) is 5.14 Å². The number of hydrogen-bond acceptors (Lipinski definition) is 4. The molecule has 0 aromatic heterocycles. The highest BCUT2D eigenvalue weighted by atomic mass is 32.2. The van der Waals surface area contributed by atoms with E-state index in [0.717, 1.165) is 0 Å². The van der Waals surface area contributed by atoms with Crippen LogP contribution in [0.1, 0.15) is 13.3 Å². The van der Waals surface area contributed by atoms with Crippen molar-refractivity contribution < 1.29 is 16.8 Å². The second kappa shape index (κ2) is 5.03. The molecule has 96 valence electrons. The zero-order chi connectivity index (χ0) is 13.1. The van der Waals surface area contributed by atoms with Crippen molar-refractivity contribution >= 4 is 25.7 Å². The van der Waals surface area contributed by atoms with Crippen LogP contribution in [0.3, 0.4) is 0 Å². The lowest BCUT2D eigenvalue weighted by Crippen LogP contribution is -2.17. The zero-order valence-corrected chi connectivity index (χ0v) is 10.9. The fourth-order valence-electron chi connectivity index (χ4n) is 1.24. The van der Waals surface area contributed by atoms with Gasteiger partial charge in [0.25, 0.3) is 0 Å². The average molecular weight is 278 g/mol. The Labute approximate surface area is 101 Å². The van der Waals surface area contributed by atoms with Gasteiger partial charge >= 0.3 is 0 Å². The van der Waals surface area contributed by atoms with Crippen molar-refractivity contribution in [3.05, 3.63) is 24.3 Å². The minimum Gasteiger partial charge on any atom is -0.284 e. The van der Waals surface area contributed by atoms with Gasteiger partial charge in [0.2, 0.25) is 20.0 Å². The van der Waals surface area contributed by atoms with Crippen molar-refractivity contribution in [2.75, 3.05) is 10.5 Å². The molecule has 8 heteroatoms. The van der Waals surface area contributed by atoms with Gasteiger partial charge < -0.3 is 0 Å². The van der Waals surface area contributed by atoms with E-state index in [1.54, 1.807) is 6.92 Å². The molecular formula is C9H14N2O4S2. The Bertz CT molecular complexity index is 593. The van der Waals surface area contributed by atoms with Crippen LogP contribution in [0.15, 0.2) is 29.2 Å². The SMILES string of the molecule is CCCS(=O)(=O)Nc1cccc(S(N)(=O)=O)c1. The molecule has 0 aliphatic rings. The van der Waals surface area contributed by atoms with Crippen LogP contribution in [0.5, 0.6) is 0 Å². The Hall–Kier alpha value is -1.12. The predicted molar refractivity (Wildman–Crippen MR) is 65.5 cm³/mol. The third-order valence-corrected chi connectivity index (χ3v) is 4.31. The Kier molecular flexibility index (Phi) is 4.12. The number of nitrogens with one attached hydrogen (secondary N) is 1. The summed E-state index contributed by atoms with van der Waals surface area (Å²) in [6.45, 7) is 1.74. The van der Waals surface area contributed by atoms with E-state index < -0.39 is 20.0 Å². The lowest BCUT2D eigenvalue weighted by atomic mass is 10.3. The van der Waals surface area contributed by atoms with Crippen molar-refractivity contribution in [3.8, 4) is 0 Å². The Morgan fingerprint density at radius 2 is 1.88 bits per heavy atom. The van der Waals surface area contributed by atoms with Crippen LogP contribution in [0.2, 0.25) is 0 Å². The average Bonchev–Trinajstić information content (AvgIpc) is 2.15. The summed E-state index contributed by atoms with van der Waals surface area (Å²) in [6.07, 6.45) is 0.476. The molecule has 17 heavy (non-hydrogen) atoms. The van der Waals surface area contributed by atoms with Crippen molar-refractivity contribution in [3.63, 3.8) is 0 Å². The smallest absolute Gasteiger partial charge is 0.238 e. The number of benzene rings is 1. The first-order valence-corrected chi connectivity index (χ1v) is 8.08. The van der Waals surface area contributed by atoms with E-state index >= 15 is 0 Å². The molecule has 0 aliphatic carbocycles. The van der Waals surface area contributed by atoms with E-state index in [9.17, 15) is 16.8 Å². The van der Waals surface area contributed by atoms with E-state index in [1.165, 1.54) is 24.3 Å². The topological polar surface area (TPSA) is 106 Å². The molecule has 0 spiro atoms. The summed E-state index contributed by atoms with van der Waals surface area (Å²) >= 11 is 0. The molecule has 1 aromatic rings. The summed E-state index contributed by atoms with van der Waals surface area (Å²) in [7, 11) is -7.26. The number of anilines is 1. The number of hydrogen-bond donors (Lipinski definition) is 2. The normalized spacial score (nSPS) is 12.4. The monoisotopic (exact) mass is 278 g/mol. The van der Waals surface area contributed by atoms with Gasteiger partial charge in [-0.25, -0.2) is 22.0 Å². The predicted octanol–water partition coefficient (Wildman–Crippen LogP) is 0.486. The highest BCUT2D eigenvalue weighted by molar-refractivity contribution is 7.92. The highest BCUT2D eigenvalue weighted by Crippen LogP contribution is 2.15. The number of rotatable bonds is 5. The van der Waals surface area contributed by atoms with Crippen LogP contribution in [0.4, 0.5) is 5.69 Å². The lowest BCUT2D eigenvalue weighted by molar-refractivity contribution is 0.596. The molecular weight excluding hydrogens is 264 g/mol. The van der Waals surface area contributed by atoms with Gasteiger partial charge in [-0.1, -0.05) is 13.0 Å². The quantitative estimate of drug-likeness (QED) is 0.817. The van der Waals surface area contributed by atoms with Gasteiger partial charge in [0.05, 0.1) is 10.6 Å². The van der Waals surface area contributed by atoms with Crippen molar-refractivity contribution in [1.29, 1.82) is 0 Å². The third kappa shape index (κ3) is 4.33.